The van der Waals surface area contributed by atoms with E-state index in [4.69, 9.17) is 0 Å². The second-order valence-electron chi connectivity index (χ2n) is 5.65. The highest BCUT2D eigenvalue weighted by molar-refractivity contribution is 6.09. The second-order valence-corrected chi connectivity index (χ2v) is 5.65. The summed E-state index contributed by atoms with van der Waals surface area (Å²) < 4.78 is 0. The van der Waals surface area contributed by atoms with Gasteiger partial charge in [-0.1, -0.05) is 43.7 Å². The van der Waals surface area contributed by atoms with E-state index in [9.17, 15) is 4.79 Å². The molecule has 0 aliphatic carbocycles. The average Bonchev–Trinajstić information content (AvgIpc) is 2.64. The normalized spacial score (nSPS) is 24.7. The molecule has 1 amide bonds. The average molecular weight is 259 g/mol. The van der Waals surface area contributed by atoms with Crippen LogP contribution in [0.3, 0.4) is 0 Å². The standard InChI is InChI=1S/C15H21N3O/c1-10(2)9-16-14-17-13(19)15(4,18-14)12-7-5-11(3)6-8-12/h5-8,10H,9H2,1-4H3,(H2,16,17,18,19). The van der Waals surface area contributed by atoms with Crippen LogP contribution in [-0.2, 0) is 10.3 Å². The lowest BCUT2D eigenvalue weighted by molar-refractivity contribution is -0.123. The number of carbonyl (C=O) groups is 1. The van der Waals surface area contributed by atoms with Gasteiger partial charge in [-0.25, -0.2) is 0 Å². The first-order chi connectivity index (χ1) is 8.91. The number of nitrogens with zero attached hydrogens (tertiary/aromatic N) is 1. The van der Waals surface area contributed by atoms with Crippen molar-refractivity contribution < 1.29 is 4.79 Å². The molecule has 1 aliphatic rings. The van der Waals surface area contributed by atoms with Crippen molar-refractivity contribution in [1.82, 2.24) is 10.6 Å². The molecule has 2 rings (SSSR count). The molecule has 4 heteroatoms. The van der Waals surface area contributed by atoms with Crippen LogP contribution >= 0.6 is 0 Å². The lowest BCUT2D eigenvalue weighted by Gasteiger charge is -2.21. The Bertz CT molecular complexity index is 505. The molecular weight excluding hydrogens is 238 g/mol. The topological polar surface area (TPSA) is 53.5 Å². The lowest BCUT2D eigenvalue weighted by atomic mass is 9.92. The van der Waals surface area contributed by atoms with Gasteiger partial charge in [0.1, 0.15) is 5.54 Å². The second kappa shape index (κ2) is 5.03. The monoisotopic (exact) mass is 259 g/mol. The number of nitrogens with one attached hydrogen (secondary N) is 2. The largest absolute Gasteiger partial charge is 0.338 e. The van der Waals surface area contributed by atoms with Gasteiger partial charge in [0.2, 0.25) is 0 Å². The molecule has 1 heterocycles. The molecule has 1 unspecified atom stereocenters. The van der Waals surface area contributed by atoms with E-state index in [1.807, 2.05) is 38.1 Å². The third kappa shape index (κ3) is 2.78. The smallest absolute Gasteiger partial charge is 0.256 e. The molecule has 1 aromatic rings. The molecular formula is C15H21N3O. The predicted molar refractivity (Wildman–Crippen MR) is 76.9 cm³/mol. The summed E-state index contributed by atoms with van der Waals surface area (Å²) in [6.07, 6.45) is 0. The molecule has 1 saturated heterocycles. The highest BCUT2D eigenvalue weighted by atomic mass is 16.2. The highest BCUT2D eigenvalue weighted by Crippen LogP contribution is 2.24. The molecule has 2 N–H and O–H groups in total. The molecule has 0 aromatic heterocycles. The Labute approximate surface area is 114 Å². The number of amides is 1. The fourth-order valence-corrected chi connectivity index (χ4v) is 2.00. The first kappa shape index (κ1) is 13.6. The maximum Gasteiger partial charge on any atom is 0.256 e. The van der Waals surface area contributed by atoms with Gasteiger partial charge < -0.3 is 5.32 Å². The van der Waals surface area contributed by atoms with Crippen molar-refractivity contribution in [3.05, 3.63) is 35.4 Å². The van der Waals surface area contributed by atoms with Gasteiger partial charge in [-0.15, -0.1) is 0 Å². The number of rotatable bonds is 3. The predicted octanol–water partition coefficient (Wildman–Crippen LogP) is 1.94. The number of aryl methyl sites for hydroxylation is 1. The molecule has 1 atom stereocenters. The van der Waals surface area contributed by atoms with E-state index < -0.39 is 5.54 Å². The van der Waals surface area contributed by atoms with Gasteiger partial charge in [0.15, 0.2) is 5.96 Å². The highest BCUT2D eigenvalue weighted by Gasteiger charge is 2.42. The van der Waals surface area contributed by atoms with Crippen molar-refractivity contribution >= 4 is 11.9 Å². The first-order valence-corrected chi connectivity index (χ1v) is 6.63. The number of guanidine groups is 1. The van der Waals surface area contributed by atoms with Crippen molar-refractivity contribution in [2.75, 3.05) is 6.54 Å². The summed E-state index contributed by atoms with van der Waals surface area (Å²) in [5.41, 5.74) is 1.40. The van der Waals surface area contributed by atoms with E-state index in [2.05, 4.69) is 29.5 Å². The van der Waals surface area contributed by atoms with E-state index in [1.54, 1.807) is 0 Å². The number of carbonyl (C=O) groups excluding carboxylic acids is 1. The van der Waals surface area contributed by atoms with Crippen molar-refractivity contribution in [3.8, 4) is 0 Å². The van der Waals surface area contributed by atoms with Crippen LogP contribution in [-0.4, -0.2) is 18.4 Å². The lowest BCUT2D eigenvalue weighted by Crippen LogP contribution is -2.40. The summed E-state index contributed by atoms with van der Waals surface area (Å²) in [6, 6.07) is 7.98. The Hall–Kier alpha value is -1.84. The third-order valence-electron chi connectivity index (χ3n) is 3.30. The van der Waals surface area contributed by atoms with Gasteiger partial charge in [-0.05, 0) is 25.3 Å². The minimum atomic E-state index is -0.733. The van der Waals surface area contributed by atoms with E-state index in [0.717, 1.165) is 5.56 Å². The van der Waals surface area contributed by atoms with Crippen LogP contribution in [0.2, 0.25) is 0 Å². The fourth-order valence-electron chi connectivity index (χ4n) is 2.00. The Morgan fingerprint density at radius 2 is 1.89 bits per heavy atom. The molecule has 1 aliphatic heterocycles. The Morgan fingerprint density at radius 1 is 1.26 bits per heavy atom. The minimum Gasteiger partial charge on any atom is -0.338 e. The van der Waals surface area contributed by atoms with E-state index in [0.29, 0.717) is 18.4 Å². The molecule has 4 nitrogen and oxygen atoms in total. The minimum absolute atomic E-state index is 0.0566. The molecule has 0 bridgehead atoms. The zero-order chi connectivity index (χ0) is 14.0. The van der Waals surface area contributed by atoms with Crippen molar-refractivity contribution in [1.29, 1.82) is 0 Å². The van der Waals surface area contributed by atoms with Gasteiger partial charge in [0, 0.05) is 6.54 Å². The molecule has 0 saturated carbocycles. The van der Waals surface area contributed by atoms with E-state index in [-0.39, 0.29) is 5.91 Å². The number of hydrogen-bond donors (Lipinski definition) is 2. The number of benzene rings is 1. The third-order valence-corrected chi connectivity index (χ3v) is 3.30. The van der Waals surface area contributed by atoms with Crippen LogP contribution < -0.4 is 10.6 Å². The maximum atomic E-state index is 12.2. The summed E-state index contributed by atoms with van der Waals surface area (Å²) in [5, 5.41) is 6.01. The maximum absolute atomic E-state index is 12.2. The van der Waals surface area contributed by atoms with Crippen LogP contribution in [0.1, 0.15) is 31.9 Å². The zero-order valence-electron chi connectivity index (χ0n) is 11.9. The van der Waals surface area contributed by atoms with Crippen LogP contribution in [0.25, 0.3) is 0 Å². The molecule has 0 spiro atoms. The summed E-state index contributed by atoms with van der Waals surface area (Å²) in [6.45, 7) is 8.81. The van der Waals surface area contributed by atoms with Gasteiger partial charge in [0.05, 0.1) is 0 Å². The van der Waals surface area contributed by atoms with Gasteiger partial charge in [-0.2, -0.15) is 0 Å². The van der Waals surface area contributed by atoms with Crippen molar-refractivity contribution in [2.24, 2.45) is 10.9 Å². The molecule has 19 heavy (non-hydrogen) atoms. The van der Waals surface area contributed by atoms with Crippen molar-refractivity contribution in [3.63, 3.8) is 0 Å². The Kier molecular flexibility index (Phi) is 3.60. The number of hydrogen-bond acceptors (Lipinski definition) is 2. The first-order valence-electron chi connectivity index (χ1n) is 6.63. The molecule has 102 valence electrons. The Morgan fingerprint density at radius 3 is 2.47 bits per heavy atom. The van der Waals surface area contributed by atoms with Crippen LogP contribution in [0.5, 0.6) is 0 Å². The summed E-state index contributed by atoms with van der Waals surface area (Å²) in [5.74, 6) is 0.984. The molecule has 0 radical (unpaired) electrons. The number of aliphatic imine (C=N–C) groups is 1. The van der Waals surface area contributed by atoms with Gasteiger partial charge >= 0.3 is 0 Å². The van der Waals surface area contributed by atoms with Crippen molar-refractivity contribution in [2.45, 2.75) is 33.2 Å². The van der Waals surface area contributed by atoms with Crippen LogP contribution in [0.15, 0.2) is 29.3 Å². The van der Waals surface area contributed by atoms with Gasteiger partial charge in [0.25, 0.3) is 5.91 Å². The summed E-state index contributed by atoms with van der Waals surface area (Å²) in [4.78, 5) is 16.6. The Balaban J connectivity index is 2.22. The SMILES string of the molecule is Cc1ccc(C2(C)NC(=NCC(C)C)NC2=O)cc1. The van der Waals surface area contributed by atoms with Crippen LogP contribution in [0, 0.1) is 12.8 Å². The summed E-state index contributed by atoms with van der Waals surface area (Å²) in [7, 11) is 0. The van der Waals surface area contributed by atoms with Crippen LogP contribution in [0.4, 0.5) is 0 Å². The molecule has 1 fully saturated rings. The summed E-state index contributed by atoms with van der Waals surface area (Å²) >= 11 is 0. The van der Waals surface area contributed by atoms with E-state index in [1.165, 1.54) is 5.56 Å². The molecule has 1 aromatic carbocycles. The quantitative estimate of drug-likeness (QED) is 0.871. The van der Waals surface area contributed by atoms with E-state index >= 15 is 0 Å². The zero-order valence-corrected chi connectivity index (χ0v) is 11.9. The van der Waals surface area contributed by atoms with Gasteiger partial charge in [-0.3, -0.25) is 15.1 Å². The fraction of sp³-hybridized carbons (Fsp3) is 0.467.